The molecule has 1 heterocycles. The summed E-state index contributed by atoms with van der Waals surface area (Å²) in [5, 5.41) is 10.4. The first-order valence-corrected chi connectivity index (χ1v) is 8.58. The van der Waals surface area contributed by atoms with Crippen molar-refractivity contribution in [1.29, 1.82) is 5.26 Å². The van der Waals surface area contributed by atoms with Crippen molar-refractivity contribution in [2.24, 2.45) is 0 Å². The van der Waals surface area contributed by atoms with Crippen LogP contribution in [0.15, 0.2) is 70.7 Å². The van der Waals surface area contributed by atoms with Gasteiger partial charge in [-0.25, -0.2) is 4.98 Å². The highest BCUT2D eigenvalue weighted by Gasteiger charge is 2.30. The number of aromatic nitrogens is 1. The summed E-state index contributed by atoms with van der Waals surface area (Å²) in [7, 11) is 0. The first-order chi connectivity index (χ1) is 12.4. The van der Waals surface area contributed by atoms with Gasteiger partial charge in [0, 0.05) is 16.7 Å². The predicted molar refractivity (Wildman–Crippen MR) is 95.0 cm³/mol. The molecule has 0 aliphatic heterocycles. The van der Waals surface area contributed by atoms with Gasteiger partial charge in [-0.1, -0.05) is 47.6 Å². The van der Waals surface area contributed by atoms with Gasteiger partial charge in [-0.3, -0.25) is 0 Å². The van der Waals surface area contributed by atoms with Crippen LogP contribution in [0.5, 0.6) is 0 Å². The second-order valence-electron chi connectivity index (χ2n) is 5.30. The molecule has 0 saturated carbocycles. The van der Waals surface area contributed by atoms with Crippen LogP contribution in [0, 0.1) is 11.3 Å². The number of hydrogen-bond donors (Lipinski definition) is 0. The zero-order valence-electron chi connectivity index (χ0n) is 13.1. The van der Waals surface area contributed by atoms with Gasteiger partial charge in [-0.15, -0.1) is 0 Å². The molecule has 3 rings (SSSR count). The third-order valence-electron chi connectivity index (χ3n) is 3.54. The van der Waals surface area contributed by atoms with Gasteiger partial charge in [0.15, 0.2) is 0 Å². The Morgan fingerprint density at radius 2 is 1.77 bits per heavy atom. The highest BCUT2D eigenvalue weighted by molar-refractivity contribution is 7.99. The SMILES string of the molecule is N#Cc1cc(-c2cccc(C(F)(F)F)c2)cnc1Sc1ccccc1Cl. The molecule has 0 radical (unpaired) electrons. The van der Waals surface area contributed by atoms with E-state index in [1.54, 1.807) is 24.3 Å². The van der Waals surface area contributed by atoms with Gasteiger partial charge >= 0.3 is 6.18 Å². The fourth-order valence-electron chi connectivity index (χ4n) is 2.28. The van der Waals surface area contributed by atoms with Crippen molar-refractivity contribution in [1.82, 2.24) is 4.98 Å². The number of halogens is 4. The fraction of sp³-hybridized carbons (Fsp3) is 0.0526. The number of nitriles is 1. The summed E-state index contributed by atoms with van der Waals surface area (Å²) in [4.78, 5) is 5.00. The molecule has 0 amide bonds. The van der Waals surface area contributed by atoms with Crippen LogP contribution in [0.3, 0.4) is 0 Å². The molecule has 0 spiro atoms. The highest BCUT2D eigenvalue weighted by atomic mass is 35.5. The van der Waals surface area contributed by atoms with Crippen LogP contribution in [0.25, 0.3) is 11.1 Å². The first kappa shape index (κ1) is 18.3. The molecule has 2 aromatic carbocycles. The van der Waals surface area contributed by atoms with Crippen LogP contribution in [0.4, 0.5) is 13.2 Å². The molecule has 3 aromatic rings. The summed E-state index contributed by atoms with van der Waals surface area (Å²) in [6, 6.07) is 15.6. The summed E-state index contributed by atoms with van der Waals surface area (Å²) in [5.41, 5.74) is 0.308. The second kappa shape index (κ2) is 7.40. The number of alkyl halides is 3. The normalized spacial score (nSPS) is 11.2. The van der Waals surface area contributed by atoms with Crippen molar-refractivity contribution in [3.05, 3.63) is 76.9 Å². The molecule has 0 atom stereocenters. The van der Waals surface area contributed by atoms with Crippen molar-refractivity contribution in [2.75, 3.05) is 0 Å². The molecule has 0 fully saturated rings. The zero-order chi connectivity index (χ0) is 18.7. The van der Waals surface area contributed by atoms with Gasteiger partial charge in [0.05, 0.1) is 16.1 Å². The van der Waals surface area contributed by atoms with Gasteiger partial charge in [-0.05, 0) is 35.9 Å². The summed E-state index contributed by atoms with van der Waals surface area (Å²) in [6.07, 6.45) is -2.98. The van der Waals surface area contributed by atoms with E-state index in [1.807, 2.05) is 12.1 Å². The smallest absolute Gasteiger partial charge is 0.248 e. The summed E-state index contributed by atoms with van der Waals surface area (Å²) in [5.74, 6) is 0. The van der Waals surface area contributed by atoms with Crippen molar-refractivity contribution < 1.29 is 13.2 Å². The average molecular weight is 391 g/mol. The van der Waals surface area contributed by atoms with Crippen molar-refractivity contribution in [3.8, 4) is 17.2 Å². The number of benzene rings is 2. The molecule has 0 bridgehead atoms. The van der Waals surface area contributed by atoms with Crippen LogP contribution in [0.2, 0.25) is 5.02 Å². The van der Waals surface area contributed by atoms with Crippen LogP contribution in [0.1, 0.15) is 11.1 Å². The molecule has 7 heteroatoms. The maximum absolute atomic E-state index is 12.9. The Morgan fingerprint density at radius 1 is 1.00 bits per heavy atom. The van der Waals surface area contributed by atoms with E-state index < -0.39 is 11.7 Å². The van der Waals surface area contributed by atoms with Gasteiger partial charge in [0.1, 0.15) is 11.1 Å². The van der Waals surface area contributed by atoms with E-state index in [0.29, 0.717) is 21.2 Å². The Labute approximate surface area is 157 Å². The fourth-order valence-corrected chi connectivity index (χ4v) is 3.37. The topological polar surface area (TPSA) is 36.7 Å². The van der Waals surface area contributed by atoms with Gasteiger partial charge < -0.3 is 0 Å². The number of pyridine rings is 1. The molecule has 0 N–H and O–H groups in total. The Bertz CT molecular complexity index is 997. The van der Waals surface area contributed by atoms with Gasteiger partial charge in [0.25, 0.3) is 0 Å². The third-order valence-corrected chi connectivity index (χ3v) is 5.07. The van der Waals surface area contributed by atoms with Crippen molar-refractivity contribution >= 4 is 23.4 Å². The Kier molecular flexibility index (Phi) is 5.21. The lowest BCUT2D eigenvalue weighted by Gasteiger charge is -2.10. The minimum Gasteiger partial charge on any atom is -0.248 e. The van der Waals surface area contributed by atoms with E-state index in [0.717, 1.165) is 17.0 Å². The van der Waals surface area contributed by atoms with Crippen LogP contribution in [-0.4, -0.2) is 4.98 Å². The van der Waals surface area contributed by atoms with Crippen LogP contribution in [-0.2, 0) is 6.18 Å². The van der Waals surface area contributed by atoms with Crippen molar-refractivity contribution in [3.63, 3.8) is 0 Å². The Balaban J connectivity index is 1.98. The molecule has 0 saturated heterocycles. The van der Waals surface area contributed by atoms with E-state index in [-0.39, 0.29) is 5.56 Å². The minimum atomic E-state index is -4.43. The van der Waals surface area contributed by atoms with E-state index in [4.69, 9.17) is 11.6 Å². The molecule has 0 unspecified atom stereocenters. The van der Waals surface area contributed by atoms with E-state index in [9.17, 15) is 18.4 Å². The minimum absolute atomic E-state index is 0.268. The maximum Gasteiger partial charge on any atom is 0.416 e. The average Bonchev–Trinajstić information content (AvgIpc) is 2.63. The summed E-state index contributed by atoms with van der Waals surface area (Å²) in [6.45, 7) is 0. The number of hydrogen-bond acceptors (Lipinski definition) is 3. The Morgan fingerprint density at radius 3 is 2.46 bits per heavy atom. The summed E-state index contributed by atoms with van der Waals surface area (Å²) < 4.78 is 38.7. The molecule has 0 aliphatic rings. The van der Waals surface area contributed by atoms with Crippen molar-refractivity contribution in [2.45, 2.75) is 16.1 Å². The van der Waals surface area contributed by atoms with E-state index in [2.05, 4.69) is 4.98 Å². The summed E-state index contributed by atoms with van der Waals surface area (Å²) >= 11 is 7.35. The number of rotatable bonds is 3. The lowest BCUT2D eigenvalue weighted by atomic mass is 10.0. The standard InChI is InChI=1S/C19H10ClF3N2S/c20-16-6-1-2-7-17(16)26-18-13(10-24)8-14(11-25-18)12-4-3-5-15(9-12)19(21,22)23/h1-9,11H. The molecular weight excluding hydrogens is 381 g/mol. The molecule has 26 heavy (non-hydrogen) atoms. The van der Waals surface area contributed by atoms with Gasteiger partial charge in [-0.2, -0.15) is 18.4 Å². The Hall–Kier alpha value is -2.49. The maximum atomic E-state index is 12.9. The van der Waals surface area contributed by atoms with Gasteiger partial charge in [0.2, 0.25) is 0 Å². The molecule has 130 valence electrons. The lowest BCUT2D eigenvalue weighted by Crippen LogP contribution is -2.04. The molecule has 1 aromatic heterocycles. The van der Waals surface area contributed by atoms with Crippen LogP contribution < -0.4 is 0 Å². The van der Waals surface area contributed by atoms with E-state index >= 15 is 0 Å². The largest absolute Gasteiger partial charge is 0.416 e. The highest BCUT2D eigenvalue weighted by Crippen LogP contribution is 2.36. The monoisotopic (exact) mass is 390 g/mol. The quantitative estimate of drug-likeness (QED) is 0.516. The lowest BCUT2D eigenvalue weighted by molar-refractivity contribution is -0.137. The predicted octanol–water partition coefficient (Wildman–Crippen LogP) is 6.44. The third kappa shape index (κ3) is 4.01. The molecule has 2 nitrogen and oxygen atoms in total. The van der Waals surface area contributed by atoms with E-state index in [1.165, 1.54) is 30.1 Å². The molecule has 0 aliphatic carbocycles. The number of nitrogens with zero attached hydrogens (tertiary/aromatic N) is 2. The molecular formula is C19H10ClF3N2S. The first-order valence-electron chi connectivity index (χ1n) is 7.38. The second-order valence-corrected chi connectivity index (χ2v) is 6.74. The van der Waals surface area contributed by atoms with Crippen LogP contribution >= 0.6 is 23.4 Å². The zero-order valence-corrected chi connectivity index (χ0v) is 14.7.